The number of carbonyl (C=O) groups excluding carboxylic acids is 3. The minimum Gasteiger partial charge on any atom is -0.467 e. The van der Waals surface area contributed by atoms with Crippen LogP contribution in [0.1, 0.15) is 58.3 Å². The van der Waals surface area contributed by atoms with Crippen LogP contribution in [0.15, 0.2) is 47.1 Å². The maximum absolute atomic E-state index is 13.7. The zero-order valence-electron chi connectivity index (χ0n) is 18.3. The van der Waals surface area contributed by atoms with Gasteiger partial charge in [-0.3, -0.25) is 14.4 Å². The number of primary amides is 1. The number of nitrogens with two attached hydrogens (primary N) is 2. The van der Waals surface area contributed by atoms with E-state index in [1.807, 2.05) is 20.8 Å². The number of rotatable bonds is 7. The van der Waals surface area contributed by atoms with Crippen LogP contribution in [0.5, 0.6) is 0 Å². The maximum atomic E-state index is 13.7. The topological polar surface area (TPSA) is 145 Å². The van der Waals surface area contributed by atoms with Gasteiger partial charge in [-0.05, 0) is 56.1 Å². The van der Waals surface area contributed by atoms with Crippen LogP contribution in [-0.4, -0.2) is 32.5 Å². The molecule has 3 aromatic rings. The average Bonchev–Trinajstić information content (AvgIpc) is 3.37. The van der Waals surface area contributed by atoms with Crippen molar-refractivity contribution in [1.29, 1.82) is 0 Å². The van der Waals surface area contributed by atoms with E-state index in [-0.39, 0.29) is 28.6 Å². The Bertz CT molecular complexity index is 1170. The van der Waals surface area contributed by atoms with Gasteiger partial charge < -0.3 is 26.1 Å². The molecule has 11 heteroatoms. The Hall–Kier alpha value is -3.37. The minimum atomic E-state index is -1.15. The third-order valence-corrected chi connectivity index (χ3v) is 5.81. The lowest BCUT2D eigenvalue weighted by atomic mass is 10.0. The van der Waals surface area contributed by atoms with E-state index < -0.39 is 29.3 Å². The molecular formula is C22H24ClN5O4S. The number of anilines is 1. The number of hydrogen-bond donors (Lipinski definition) is 3. The monoisotopic (exact) mass is 489 g/mol. The van der Waals surface area contributed by atoms with Crippen LogP contribution in [0.3, 0.4) is 0 Å². The van der Waals surface area contributed by atoms with Gasteiger partial charge in [-0.15, -0.1) is 0 Å². The molecule has 174 valence electrons. The van der Waals surface area contributed by atoms with Gasteiger partial charge in [0.15, 0.2) is 11.7 Å². The minimum absolute atomic E-state index is 0.0176. The van der Waals surface area contributed by atoms with Crippen molar-refractivity contribution in [2.24, 2.45) is 5.73 Å². The number of halogens is 1. The third-order valence-electron chi connectivity index (χ3n) is 4.59. The van der Waals surface area contributed by atoms with Crippen LogP contribution >= 0.6 is 23.1 Å². The SMILES string of the molecule is CC(C)(C)NC(=O)C(c1ccco1)N(Cc1ccccc1Cl)C(=O)c1snc(C(N)=O)c1N. The second kappa shape index (κ2) is 9.63. The smallest absolute Gasteiger partial charge is 0.270 e. The molecule has 0 fully saturated rings. The van der Waals surface area contributed by atoms with Gasteiger partial charge in [0.05, 0.1) is 12.0 Å². The molecule has 0 saturated carbocycles. The molecule has 2 aromatic heterocycles. The second-order valence-electron chi connectivity index (χ2n) is 8.32. The van der Waals surface area contributed by atoms with Gasteiger partial charge in [0.1, 0.15) is 10.6 Å². The Labute approximate surface area is 199 Å². The summed E-state index contributed by atoms with van der Waals surface area (Å²) in [6.45, 7) is 5.44. The zero-order chi connectivity index (χ0) is 24.3. The maximum Gasteiger partial charge on any atom is 0.270 e. The molecule has 0 aliphatic carbocycles. The van der Waals surface area contributed by atoms with Crippen LogP contribution in [0, 0.1) is 0 Å². The summed E-state index contributed by atoms with van der Waals surface area (Å²) in [6.07, 6.45) is 1.41. The van der Waals surface area contributed by atoms with Crippen LogP contribution in [0.4, 0.5) is 5.69 Å². The van der Waals surface area contributed by atoms with Crippen LogP contribution in [0.2, 0.25) is 5.02 Å². The van der Waals surface area contributed by atoms with Crippen molar-refractivity contribution in [2.45, 2.75) is 38.9 Å². The molecule has 0 radical (unpaired) electrons. The standard InChI is InChI=1S/C22H24ClN5O4S/c1-22(2,3)26-20(30)17(14-9-6-10-32-14)28(11-12-7-4-5-8-13(12)23)21(31)18-15(24)16(19(25)29)27-33-18/h4-10,17H,11,24H2,1-3H3,(H2,25,29)(H,26,30). The third kappa shape index (κ3) is 5.52. The Morgan fingerprint density at radius 3 is 2.45 bits per heavy atom. The summed E-state index contributed by atoms with van der Waals surface area (Å²) in [5.74, 6) is -1.69. The molecule has 3 rings (SSSR count). The van der Waals surface area contributed by atoms with E-state index in [4.69, 9.17) is 27.5 Å². The highest BCUT2D eigenvalue weighted by Gasteiger charge is 2.37. The highest BCUT2D eigenvalue weighted by molar-refractivity contribution is 7.09. The number of nitrogens with zero attached hydrogens (tertiary/aromatic N) is 2. The van der Waals surface area contributed by atoms with Gasteiger partial charge in [0, 0.05) is 17.1 Å². The summed E-state index contributed by atoms with van der Waals surface area (Å²) in [4.78, 5) is 40.0. The lowest BCUT2D eigenvalue weighted by Gasteiger charge is -2.32. The van der Waals surface area contributed by atoms with Crippen LogP contribution in [-0.2, 0) is 11.3 Å². The van der Waals surface area contributed by atoms with Crippen molar-refractivity contribution < 1.29 is 18.8 Å². The summed E-state index contributed by atoms with van der Waals surface area (Å²) in [5.41, 5.74) is 11.0. The summed E-state index contributed by atoms with van der Waals surface area (Å²) in [6, 6.07) is 9.03. The summed E-state index contributed by atoms with van der Waals surface area (Å²) in [7, 11) is 0. The number of nitrogens with one attached hydrogen (secondary N) is 1. The Morgan fingerprint density at radius 1 is 1.21 bits per heavy atom. The van der Waals surface area contributed by atoms with E-state index in [1.54, 1.807) is 36.4 Å². The Kier molecular flexibility index (Phi) is 7.09. The normalized spacial score (nSPS) is 12.2. The fraction of sp³-hybridized carbons (Fsp3) is 0.273. The molecule has 5 N–H and O–H groups in total. The molecule has 2 heterocycles. The van der Waals surface area contributed by atoms with Crippen molar-refractivity contribution in [3.8, 4) is 0 Å². The van der Waals surface area contributed by atoms with E-state index in [0.29, 0.717) is 10.6 Å². The molecule has 0 saturated heterocycles. The largest absolute Gasteiger partial charge is 0.467 e. The molecule has 0 aliphatic rings. The van der Waals surface area contributed by atoms with Crippen molar-refractivity contribution in [3.05, 3.63) is 69.6 Å². The Balaban J connectivity index is 2.13. The number of hydrogen-bond acceptors (Lipinski definition) is 7. The van der Waals surface area contributed by atoms with E-state index in [0.717, 1.165) is 11.5 Å². The average molecular weight is 490 g/mol. The summed E-state index contributed by atoms with van der Waals surface area (Å²) in [5, 5.41) is 3.31. The molecule has 3 amide bonds. The van der Waals surface area contributed by atoms with Gasteiger partial charge in [-0.2, -0.15) is 4.37 Å². The van der Waals surface area contributed by atoms with E-state index >= 15 is 0 Å². The summed E-state index contributed by atoms with van der Waals surface area (Å²) >= 11 is 7.09. The van der Waals surface area contributed by atoms with Crippen LogP contribution in [0.25, 0.3) is 0 Å². The molecule has 1 aromatic carbocycles. The number of furan rings is 1. The van der Waals surface area contributed by atoms with Crippen molar-refractivity contribution >= 4 is 46.5 Å². The molecule has 0 aliphatic heterocycles. The van der Waals surface area contributed by atoms with Gasteiger partial charge in [0.25, 0.3) is 17.7 Å². The van der Waals surface area contributed by atoms with Gasteiger partial charge in [0.2, 0.25) is 0 Å². The number of benzene rings is 1. The fourth-order valence-corrected chi connectivity index (χ4v) is 4.12. The van der Waals surface area contributed by atoms with Gasteiger partial charge >= 0.3 is 0 Å². The molecule has 9 nitrogen and oxygen atoms in total. The first kappa shape index (κ1) is 24.3. The number of carbonyl (C=O) groups is 3. The van der Waals surface area contributed by atoms with Crippen molar-refractivity contribution in [1.82, 2.24) is 14.6 Å². The second-order valence-corrected chi connectivity index (χ2v) is 9.50. The molecule has 1 unspecified atom stereocenters. The number of amides is 3. The fourth-order valence-electron chi connectivity index (χ4n) is 3.16. The zero-order valence-corrected chi connectivity index (χ0v) is 19.9. The molecule has 1 atom stereocenters. The predicted octanol–water partition coefficient (Wildman–Crippen LogP) is 3.37. The van der Waals surface area contributed by atoms with Gasteiger partial charge in [-0.1, -0.05) is 29.8 Å². The highest BCUT2D eigenvalue weighted by Crippen LogP contribution is 2.32. The van der Waals surface area contributed by atoms with Crippen LogP contribution < -0.4 is 16.8 Å². The lowest BCUT2D eigenvalue weighted by molar-refractivity contribution is -0.128. The van der Waals surface area contributed by atoms with Crippen molar-refractivity contribution in [2.75, 3.05) is 5.73 Å². The van der Waals surface area contributed by atoms with E-state index in [1.165, 1.54) is 11.2 Å². The predicted molar refractivity (Wildman–Crippen MR) is 126 cm³/mol. The first-order chi connectivity index (χ1) is 15.5. The lowest BCUT2D eigenvalue weighted by Crippen LogP contribution is -2.49. The molecular weight excluding hydrogens is 466 g/mol. The molecule has 0 bridgehead atoms. The Morgan fingerprint density at radius 2 is 1.91 bits per heavy atom. The number of aromatic nitrogens is 1. The first-order valence-electron chi connectivity index (χ1n) is 9.94. The highest BCUT2D eigenvalue weighted by atomic mass is 35.5. The van der Waals surface area contributed by atoms with E-state index in [9.17, 15) is 14.4 Å². The van der Waals surface area contributed by atoms with Crippen molar-refractivity contribution in [3.63, 3.8) is 0 Å². The summed E-state index contributed by atoms with van der Waals surface area (Å²) < 4.78 is 9.45. The molecule has 0 spiro atoms. The first-order valence-corrected chi connectivity index (χ1v) is 11.1. The number of nitrogen functional groups attached to an aromatic ring is 1. The van der Waals surface area contributed by atoms with Gasteiger partial charge in [-0.25, -0.2) is 0 Å². The van der Waals surface area contributed by atoms with E-state index in [2.05, 4.69) is 9.69 Å². The molecule has 33 heavy (non-hydrogen) atoms. The quantitative estimate of drug-likeness (QED) is 0.464.